The van der Waals surface area contributed by atoms with E-state index in [1.807, 2.05) is 0 Å². The van der Waals surface area contributed by atoms with E-state index in [0.717, 1.165) is 4.57 Å². The van der Waals surface area contributed by atoms with Crippen LogP contribution in [0.3, 0.4) is 0 Å². The molecular formula is C13H22N4O9. The van der Waals surface area contributed by atoms with Gasteiger partial charge in [0.1, 0.15) is 29.9 Å². The zero-order chi connectivity index (χ0) is 19.3. The Hall–Kier alpha value is -2.42. The van der Waals surface area contributed by atoms with E-state index in [2.05, 4.69) is 9.97 Å². The van der Waals surface area contributed by atoms with Gasteiger partial charge in [0, 0.05) is 14.1 Å². The highest BCUT2D eigenvalue weighted by molar-refractivity contribution is 5.68. The molecule has 4 atom stereocenters. The third-order valence-corrected chi connectivity index (χ3v) is 3.45. The van der Waals surface area contributed by atoms with Gasteiger partial charge in [-0.05, 0) is 0 Å². The average molecular weight is 378 g/mol. The first kappa shape index (κ1) is 23.6. The van der Waals surface area contributed by atoms with Crippen LogP contribution in [0.2, 0.25) is 0 Å². The predicted molar refractivity (Wildman–Crippen MR) is 87.4 cm³/mol. The Morgan fingerprint density at radius 1 is 1.15 bits per heavy atom. The number of aliphatic hydroxyl groups excluding tert-OH is 5. The van der Waals surface area contributed by atoms with Crippen molar-refractivity contribution in [3.05, 3.63) is 27.2 Å². The van der Waals surface area contributed by atoms with Crippen LogP contribution in [0.5, 0.6) is 0 Å². The molecule has 0 aromatic carbocycles. The monoisotopic (exact) mass is 378 g/mol. The van der Waals surface area contributed by atoms with Crippen LogP contribution in [0.4, 0.5) is 0 Å². The number of aldehydes is 1. The van der Waals surface area contributed by atoms with Crippen molar-refractivity contribution in [2.24, 2.45) is 14.1 Å². The highest BCUT2D eigenvalue weighted by Gasteiger charge is 2.29. The number of hydrogen-bond donors (Lipinski definition) is 6. The highest BCUT2D eigenvalue weighted by Crippen LogP contribution is 2.03. The highest BCUT2D eigenvalue weighted by atomic mass is 16.4. The third kappa shape index (κ3) is 4.81. The van der Waals surface area contributed by atoms with Gasteiger partial charge in [0.25, 0.3) is 5.56 Å². The fourth-order valence-corrected chi connectivity index (χ4v) is 1.89. The largest absolute Gasteiger partial charge is 0.412 e. The molecule has 0 unspecified atom stereocenters. The normalized spacial score (nSPS) is 15.2. The summed E-state index contributed by atoms with van der Waals surface area (Å²) in [5, 5.41) is 43.5. The van der Waals surface area contributed by atoms with E-state index in [4.69, 9.17) is 25.5 Å². The number of aryl methyl sites for hydroxylation is 1. The number of aliphatic hydroxyl groups is 5. The third-order valence-electron chi connectivity index (χ3n) is 3.45. The first-order chi connectivity index (χ1) is 11.7. The number of aromatic amines is 1. The lowest BCUT2D eigenvalue weighted by atomic mass is 10.0. The van der Waals surface area contributed by atoms with Crippen LogP contribution >= 0.6 is 0 Å². The first-order valence-electron chi connectivity index (χ1n) is 7.04. The maximum atomic E-state index is 11.4. The predicted octanol–water partition coefficient (Wildman–Crippen LogP) is -5.24. The maximum absolute atomic E-state index is 11.4. The smallest absolute Gasteiger partial charge is 0.332 e. The van der Waals surface area contributed by atoms with Crippen LogP contribution in [0.25, 0.3) is 11.2 Å². The van der Waals surface area contributed by atoms with Crippen molar-refractivity contribution >= 4 is 17.5 Å². The molecule has 2 aromatic rings. The SMILES string of the molecule is Cn1c(=O)c2[nH]cnc2n(C)c1=O.O.O=C[C@H](O)[C@@H](O)[C@H](O)[C@H](O)CO. The molecule has 0 aliphatic rings. The molecular weight excluding hydrogens is 356 g/mol. The summed E-state index contributed by atoms with van der Waals surface area (Å²) in [7, 11) is 3.01. The van der Waals surface area contributed by atoms with Crippen molar-refractivity contribution in [2.75, 3.05) is 6.61 Å². The van der Waals surface area contributed by atoms with Gasteiger partial charge in [-0.15, -0.1) is 0 Å². The van der Waals surface area contributed by atoms with E-state index in [1.54, 1.807) is 7.05 Å². The summed E-state index contributed by atoms with van der Waals surface area (Å²) in [5.41, 5.74) is 0.0119. The Balaban J connectivity index is 0.000000466. The molecule has 13 heteroatoms. The molecule has 0 aliphatic heterocycles. The van der Waals surface area contributed by atoms with Gasteiger partial charge >= 0.3 is 5.69 Å². The van der Waals surface area contributed by atoms with Crippen LogP contribution in [-0.4, -0.2) is 87.4 Å². The Labute approximate surface area is 145 Å². The summed E-state index contributed by atoms with van der Waals surface area (Å²) in [6.45, 7) is -0.760. The van der Waals surface area contributed by atoms with Gasteiger partial charge in [-0.25, -0.2) is 9.78 Å². The molecule has 148 valence electrons. The van der Waals surface area contributed by atoms with Gasteiger partial charge in [-0.2, -0.15) is 0 Å². The number of nitrogens with zero attached hydrogens (tertiary/aromatic N) is 3. The minimum absolute atomic E-state index is 0. The number of nitrogens with one attached hydrogen (secondary N) is 1. The summed E-state index contributed by atoms with van der Waals surface area (Å²) in [4.78, 5) is 39.3. The molecule has 0 radical (unpaired) electrons. The van der Waals surface area contributed by atoms with Crippen molar-refractivity contribution in [2.45, 2.75) is 24.4 Å². The number of aromatic nitrogens is 4. The topological polar surface area (TPSA) is 222 Å². The van der Waals surface area contributed by atoms with Gasteiger partial charge in [0.05, 0.1) is 12.9 Å². The van der Waals surface area contributed by atoms with Crippen molar-refractivity contribution in [3.8, 4) is 0 Å². The Morgan fingerprint density at radius 2 is 1.73 bits per heavy atom. The summed E-state index contributed by atoms with van der Waals surface area (Å²) in [5.74, 6) is 0. The number of fused-ring (bicyclic) bond motifs is 1. The zero-order valence-corrected chi connectivity index (χ0v) is 14.0. The average Bonchev–Trinajstić information content (AvgIpc) is 3.12. The second kappa shape index (κ2) is 9.91. The Kier molecular flexibility index (Phi) is 8.98. The van der Waals surface area contributed by atoms with Crippen molar-refractivity contribution < 1.29 is 35.8 Å². The summed E-state index contributed by atoms with van der Waals surface area (Å²) in [6.07, 6.45) is -5.45. The van der Waals surface area contributed by atoms with Gasteiger partial charge in [0.15, 0.2) is 11.9 Å². The van der Waals surface area contributed by atoms with E-state index in [1.165, 1.54) is 17.9 Å². The quantitative estimate of drug-likeness (QED) is 0.273. The molecule has 0 aliphatic carbocycles. The maximum Gasteiger partial charge on any atom is 0.332 e. The molecule has 0 saturated heterocycles. The summed E-state index contributed by atoms with van der Waals surface area (Å²) >= 11 is 0. The van der Waals surface area contributed by atoms with Crippen LogP contribution < -0.4 is 11.2 Å². The van der Waals surface area contributed by atoms with E-state index in [9.17, 15) is 14.4 Å². The molecule has 26 heavy (non-hydrogen) atoms. The van der Waals surface area contributed by atoms with E-state index in [0.29, 0.717) is 11.2 Å². The minimum atomic E-state index is -1.79. The van der Waals surface area contributed by atoms with Gasteiger partial charge in [-0.3, -0.25) is 13.9 Å². The van der Waals surface area contributed by atoms with Gasteiger partial charge in [-0.1, -0.05) is 0 Å². The second-order valence-corrected chi connectivity index (χ2v) is 5.16. The van der Waals surface area contributed by atoms with E-state index in [-0.39, 0.29) is 23.0 Å². The zero-order valence-electron chi connectivity index (χ0n) is 14.0. The lowest BCUT2D eigenvalue weighted by Crippen LogP contribution is -2.46. The van der Waals surface area contributed by atoms with E-state index < -0.39 is 31.0 Å². The van der Waals surface area contributed by atoms with Crippen molar-refractivity contribution in [1.29, 1.82) is 0 Å². The van der Waals surface area contributed by atoms with Crippen LogP contribution in [-0.2, 0) is 18.9 Å². The van der Waals surface area contributed by atoms with Gasteiger partial charge in [0.2, 0.25) is 0 Å². The summed E-state index contributed by atoms with van der Waals surface area (Å²) < 4.78 is 2.37. The number of hydrogen-bond acceptors (Lipinski definition) is 9. The lowest BCUT2D eigenvalue weighted by Gasteiger charge is -2.22. The molecule has 8 N–H and O–H groups in total. The molecule has 13 nitrogen and oxygen atoms in total. The molecule has 0 fully saturated rings. The number of carbonyl (C=O) groups excluding carboxylic acids is 1. The first-order valence-corrected chi connectivity index (χ1v) is 7.04. The van der Waals surface area contributed by atoms with Gasteiger partial charge < -0.3 is 40.8 Å². The lowest BCUT2D eigenvalue weighted by molar-refractivity contribution is -0.136. The van der Waals surface area contributed by atoms with Crippen molar-refractivity contribution in [3.63, 3.8) is 0 Å². The fraction of sp³-hybridized carbons (Fsp3) is 0.538. The number of carbonyl (C=O) groups is 1. The fourth-order valence-electron chi connectivity index (χ4n) is 1.89. The molecule has 2 heterocycles. The standard InChI is InChI=1S/C7H8N4O2.C6H12O6.H2O/c1-10-5-4(8-3-9-5)6(12)11(2)7(10)13;7-1-3(9)5(11)6(12)4(10)2-8;/h3H,1-2H3,(H,8,9);1,3-6,8-12H,2H2;1H2/t;3-,4+,5+,6+;/m.0./s1. The molecule has 0 spiro atoms. The molecule has 2 aromatic heterocycles. The Bertz CT molecular complexity index is 827. The molecule has 2 rings (SSSR count). The molecule has 0 saturated carbocycles. The number of rotatable bonds is 5. The van der Waals surface area contributed by atoms with Crippen molar-refractivity contribution in [1.82, 2.24) is 19.1 Å². The minimum Gasteiger partial charge on any atom is -0.412 e. The van der Waals surface area contributed by atoms with Crippen LogP contribution in [0, 0.1) is 0 Å². The number of H-pyrrole nitrogens is 1. The number of imidazole rings is 1. The van der Waals surface area contributed by atoms with E-state index >= 15 is 0 Å². The molecule has 0 amide bonds. The summed E-state index contributed by atoms with van der Waals surface area (Å²) in [6, 6.07) is 0. The molecule has 0 bridgehead atoms. The second-order valence-electron chi connectivity index (χ2n) is 5.16. The van der Waals surface area contributed by atoms with Crippen LogP contribution in [0.1, 0.15) is 0 Å². The Morgan fingerprint density at radius 3 is 2.23 bits per heavy atom. The van der Waals surface area contributed by atoms with Crippen LogP contribution in [0.15, 0.2) is 15.9 Å².